The van der Waals surface area contributed by atoms with Crippen LogP contribution < -0.4 is 0 Å². The summed E-state index contributed by atoms with van der Waals surface area (Å²) in [5, 5.41) is 17.4. The molecule has 0 aliphatic carbocycles. The second-order valence-corrected chi connectivity index (χ2v) is 3.43. The third-order valence-corrected chi connectivity index (χ3v) is 2.04. The minimum absolute atomic E-state index is 0.00706. The van der Waals surface area contributed by atoms with Gasteiger partial charge in [-0.15, -0.1) is 0 Å². The molecule has 0 fully saturated rings. The van der Waals surface area contributed by atoms with Gasteiger partial charge in [-0.3, -0.25) is 4.79 Å². The Labute approximate surface area is 92.2 Å². The van der Waals surface area contributed by atoms with Crippen molar-refractivity contribution in [2.24, 2.45) is 0 Å². The smallest absolute Gasteiger partial charge is 0.223 e. The van der Waals surface area contributed by atoms with E-state index in [1.54, 1.807) is 4.90 Å². The summed E-state index contributed by atoms with van der Waals surface area (Å²) in [6.45, 7) is 0.841. The quantitative estimate of drug-likeness (QED) is 0.677. The van der Waals surface area contributed by atoms with Crippen LogP contribution in [0, 0.1) is 22.7 Å². The molecule has 0 bridgehead atoms. The van der Waals surface area contributed by atoms with E-state index in [1.807, 2.05) is 12.1 Å². The predicted octanol–water partition coefficient (Wildman–Crippen LogP) is 1.43. The van der Waals surface area contributed by atoms with Crippen LogP contribution in [0.1, 0.15) is 19.3 Å². The molecule has 0 N–H and O–H groups in total. The average molecular weight is 258 g/mol. The highest BCUT2D eigenvalue weighted by Gasteiger charge is 2.11. The van der Waals surface area contributed by atoms with Gasteiger partial charge in [0.05, 0.1) is 25.0 Å². The standard InChI is InChI=1S/C9H12BrN3O/c10-4-3-9(14)13(7-1-5-11)8-2-6-12/h1-4,7-8H2. The number of hydrogen-bond donors (Lipinski definition) is 0. The molecule has 0 aromatic heterocycles. The van der Waals surface area contributed by atoms with Crippen molar-refractivity contribution in [2.75, 3.05) is 18.4 Å². The summed E-state index contributed by atoms with van der Waals surface area (Å²) in [6, 6.07) is 3.97. The van der Waals surface area contributed by atoms with Gasteiger partial charge in [0.2, 0.25) is 5.91 Å². The number of alkyl halides is 1. The van der Waals surface area contributed by atoms with E-state index in [-0.39, 0.29) is 5.91 Å². The first-order chi connectivity index (χ1) is 6.76. The Morgan fingerprint density at radius 2 is 1.71 bits per heavy atom. The fraction of sp³-hybridized carbons (Fsp3) is 0.667. The Balaban J connectivity index is 4.03. The topological polar surface area (TPSA) is 67.9 Å². The van der Waals surface area contributed by atoms with E-state index in [4.69, 9.17) is 10.5 Å². The lowest BCUT2D eigenvalue weighted by Gasteiger charge is -2.19. The van der Waals surface area contributed by atoms with E-state index in [9.17, 15) is 4.79 Å². The van der Waals surface area contributed by atoms with Gasteiger partial charge in [0.1, 0.15) is 0 Å². The molecule has 0 saturated carbocycles. The number of nitrogens with zero attached hydrogens (tertiary/aromatic N) is 3. The van der Waals surface area contributed by atoms with Crippen LogP contribution in [0.25, 0.3) is 0 Å². The Hall–Kier alpha value is -1.07. The fourth-order valence-corrected chi connectivity index (χ4v) is 1.31. The van der Waals surface area contributed by atoms with E-state index in [1.165, 1.54) is 0 Å². The van der Waals surface area contributed by atoms with Crippen molar-refractivity contribution in [2.45, 2.75) is 19.3 Å². The molecule has 0 radical (unpaired) electrons. The number of nitriles is 2. The molecule has 0 unspecified atom stereocenters. The van der Waals surface area contributed by atoms with Gasteiger partial charge in [0, 0.05) is 24.8 Å². The van der Waals surface area contributed by atoms with Gasteiger partial charge < -0.3 is 4.90 Å². The van der Waals surface area contributed by atoms with E-state index >= 15 is 0 Å². The number of hydrogen-bond acceptors (Lipinski definition) is 3. The minimum atomic E-state index is -0.00706. The SMILES string of the molecule is N#CCCN(CCC#N)C(=O)CCBr. The van der Waals surface area contributed by atoms with E-state index in [2.05, 4.69) is 15.9 Å². The summed E-state index contributed by atoms with van der Waals surface area (Å²) in [5.41, 5.74) is 0. The van der Waals surface area contributed by atoms with Crippen LogP contribution >= 0.6 is 15.9 Å². The molecule has 5 heteroatoms. The molecule has 0 saturated heterocycles. The second-order valence-electron chi connectivity index (χ2n) is 2.64. The van der Waals surface area contributed by atoms with Crippen molar-refractivity contribution in [3.05, 3.63) is 0 Å². The Bertz CT molecular complexity index is 236. The highest BCUT2D eigenvalue weighted by molar-refractivity contribution is 9.09. The molecule has 76 valence electrons. The lowest BCUT2D eigenvalue weighted by molar-refractivity contribution is -0.130. The number of halogens is 1. The zero-order valence-corrected chi connectivity index (χ0v) is 9.46. The number of rotatable bonds is 6. The van der Waals surface area contributed by atoms with Crippen molar-refractivity contribution in [1.29, 1.82) is 10.5 Å². The molecule has 0 rings (SSSR count). The monoisotopic (exact) mass is 257 g/mol. The van der Waals surface area contributed by atoms with Crippen molar-refractivity contribution in [3.8, 4) is 12.1 Å². The third-order valence-electron chi connectivity index (χ3n) is 1.65. The highest BCUT2D eigenvalue weighted by Crippen LogP contribution is 2.00. The van der Waals surface area contributed by atoms with Crippen LogP contribution in [0.2, 0.25) is 0 Å². The molecule has 0 aromatic rings. The lowest BCUT2D eigenvalue weighted by Crippen LogP contribution is -2.32. The molecule has 0 atom stereocenters. The molecular weight excluding hydrogens is 246 g/mol. The summed E-state index contributed by atoms with van der Waals surface area (Å²) in [6.07, 6.45) is 1.05. The van der Waals surface area contributed by atoms with Crippen LogP contribution in [0.15, 0.2) is 0 Å². The predicted molar refractivity (Wildman–Crippen MR) is 55.5 cm³/mol. The minimum Gasteiger partial charge on any atom is -0.341 e. The Kier molecular flexibility index (Phi) is 7.87. The Morgan fingerprint density at radius 3 is 2.07 bits per heavy atom. The first-order valence-corrected chi connectivity index (χ1v) is 5.46. The van der Waals surface area contributed by atoms with Crippen molar-refractivity contribution < 1.29 is 4.79 Å². The zero-order valence-electron chi connectivity index (χ0n) is 7.87. The summed E-state index contributed by atoms with van der Waals surface area (Å²) < 4.78 is 0. The maximum atomic E-state index is 11.4. The highest BCUT2D eigenvalue weighted by atomic mass is 79.9. The normalized spacial score (nSPS) is 8.79. The third kappa shape index (κ3) is 5.55. The van der Waals surface area contributed by atoms with Gasteiger partial charge >= 0.3 is 0 Å². The molecule has 1 amide bonds. The first-order valence-electron chi connectivity index (χ1n) is 4.34. The van der Waals surface area contributed by atoms with Gasteiger partial charge in [0.25, 0.3) is 0 Å². The van der Waals surface area contributed by atoms with E-state index in [0.717, 1.165) is 0 Å². The molecule has 0 aliphatic heterocycles. The van der Waals surface area contributed by atoms with E-state index < -0.39 is 0 Å². The fourth-order valence-electron chi connectivity index (χ4n) is 0.970. The van der Waals surface area contributed by atoms with Gasteiger partial charge in [0.15, 0.2) is 0 Å². The number of carbonyl (C=O) groups excluding carboxylic acids is 1. The van der Waals surface area contributed by atoms with Crippen molar-refractivity contribution in [3.63, 3.8) is 0 Å². The molecule has 0 aromatic carbocycles. The van der Waals surface area contributed by atoms with E-state index in [0.29, 0.717) is 37.7 Å². The zero-order chi connectivity index (χ0) is 10.8. The molecule has 4 nitrogen and oxygen atoms in total. The van der Waals surface area contributed by atoms with Crippen LogP contribution in [0.3, 0.4) is 0 Å². The first kappa shape index (κ1) is 12.9. The molecule has 0 aliphatic rings. The summed E-state index contributed by atoms with van der Waals surface area (Å²) in [7, 11) is 0. The van der Waals surface area contributed by atoms with Gasteiger partial charge in [-0.2, -0.15) is 10.5 Å². The van der Waals surface area contributed by atoms with Crippen LogP contribution in [-0.2, 0) is 4.79 Å². The van der Waals surface area contributed by atoms with Crippen LogP contribution in [0.5, 0.6) is 0 Å². The van der Waals surface area contributed by atoms with Crippen LogP contribution in [-0.4, -0.2) is 29.2 Å². The number of amides is 1. The molecule has 14 heavy (non-hydrogen) atoms. The molecular formula is C9H12BrN3O. The van der Waals surface area contributed by atoms with Gasteiger partial charge in [-0.05, 0) is 0 Å². The van der Waals surface area contributed by atoms with Crippen LogP contribution in [0.4, 0.5) is 0 Å². The summed E-state index contributed by atoms with van der Waals surface area (Å²) >= 11 is 3.18. The second kappa shape index (κ2) is 8.52. The van der Waals surface area contributed by atoms with Gasteiger partial charge in [-0.1, -0.05) is 15.9 Å². The maximum absolute atomic E-state index is 11.4. The Morgan fingerprint density at radius 1 is 1.21 bits per heavy atom. The molecule has 0 spiro atoms. The average Bonchev–Trinajstić information content (AvgIpc) is 2.18. The summed E-state index contributed by atoms with van der Waals surface area (Å²) in [4.78, 5) is 13.0. The summed E-state index contributed by atoms with van der Waals surface area (Å²) in [5.74, 6) is -0.00706. The van der Waals surface area contributed by atoms with Gasteiger partial charge in [-0.25, -0.2) is 0 Å². The largest absolute Gasteiger partial charge is 0.341 e. The molecule has 0 heterocycles. The van der Waals surface area contributed by atoms with Crippen molar-refractivity contribution in [1.82, 2.24) is 4.90 Å². The number of carbonyl (C=O) groups is 1. The maximum Gasteiger partial charge on any atom is 0.223 e. The lowest BCUT2D eigenvalue weighted by atomic mass is 10.3. The van der Waals surface area contributed by atoms with Crippen molar-refractivity contribution >= 4 is 21.8 Å².